The minimum absolute atomic E-state index is 0.000735. The Morgan fingerprint density at radius 2 is 1.53 bits per heavy atom. The van der Waals surface area contributed by atoms with Crippen molar-refractivity contribution in [1.82, 2.24) is 0 Å². The van der Waals surface area contributed by atoms with Gasteiger partial charge in [-0.25, -0.2) is 0 Å². The lowest BCUT2D eigenvalue weighted by Crippen LogP contribution is -2.37. The van der Waals surface area contributed by atoms with Gasteiger partial charge in [0.15, 0.2) is 12.3 Å². The van der Waals surface area contributed by atoms with E-state index in [2.05, 4.69) is 123 Å². The van der Waals surface area contributed by atoms with Gasteiger partial charge in [0, 0.05) is 53.9 Å². The van der Waals surface area contributed by atoms with Crippen LogP contribution in [0.15, 0.2) is 76.9 Å². The molecular formula is C41H61N4O5S+3. The predicted molar refractivity (Wildman–Crippen MR) is 208 cm³/mol. The SMILES string of the molecule is Cc1ccc2c(c1)C(C)(C)/C(=C/C=C(/C=C/C1=[N+](CCC[N+](C)(C)C)c3ccc(S(=O)(=O)O)cc3C1(C)C)CCC(=O)O)N2CCC[N+](C)(C)C. The molecule has 2 aromatic carbocycles. The molecular weight excluding hydrogens is 661 g/mol. The fraction of sp³-hybridized carbons (Fsp3) is 0.512. The number of anilines is 1. The van der Waals surface area contributed by atoms with Gasteiger partial charge in [0.1, 0.15) is 0 Å². The van der Waals surface area contributed by atoms with E-state index < -0.39 is 21.5 Å². The standard InChI is InChI=1S/C41H59N4O5S/c1-30-14-19-35-33(28-30)40(2,3)37(42(35)24-12-26-44(6,7)8)21-15-31(17-23-39(46)47)16-22-38-41(4,5)34-29-32(51(48,49)50)18-20-36(34)43(38)25-13-27-45(9,10)11/h14-16,18-22,28-29H,12-13,17,23-27H2,1-11H3/q+1/p+2. The minimum atomic E-state index is -4.38. The number of carboxylic acid groups (broad SMARTS) is 1. The van der Waals surface area contributed by atoms with E-state index in [4.69, 9.17) is 0 Å². The fourth-order valence-corrected chi connectivity index (χ4v) is 7.84. The van der Waals surface area contributed by atoms with Crippen molar-refractivity contribution in [2.75, 3.05) is 73.4 Å². The summed E-state index contributed by atoms with van der Waals surface area (Å²) in [6.07, 6.45) is 10.6. The summed E-state index contributed by atoms with van der Waals surface area (Å²) in [7, 11) is 8.75. The van der Waals surface area contributed by atoms with Crippen LogP contribution >= 0.6 is 0 Å². The summed E-state index contributed by atoms with van der Waals surface area (Å²) in [6.45, 7) is 14.4. The quantitative estimate of drug-likeness (QED) is 0.0906. The highest BCUT2D eigenvalue weighted by molar-refractivity contribution is 7.85. The number of rotatable bonds is 15. The van der Waals surface area contributed by atoms with Gasteiger partial charge in [-0.2, -0.15) is 13.0 Å². The summed E-state index contributed by atoms with van der Waals surface area (Å²) in [5, 5.41) is 9.69. The van der Waals surface area contributed by atoms with E-state index in [-0.39, 0.29) is 16.7 Å². The Hall–Kier alpha value is -3.57. The normalized spacial score (nSPS) is 18.2. The van der Waals surface area contributed by atoms with Gasteiger partial charge in [-0.1, -0.05) is 43.7 Å². The molecule has 0 bridgehead atoms. The van der Waals surface area contributed by atoms with Crippen molar-refractivity contribution in [3.63, 3.8) is 0 Å². The lowest BCUT2D eigenvalue weighted by Gasteiger charge is -2.29. The second-order valence-corrected chi connectivity index (χ2v) is 18.8. The number of fused-ring (bicyclic) bond motifs is 2. The minimum Gasteiger partial charge on any atom is -0.481 e. The van der Waals surface area contributed by atoms with E-state index in [1.165, 1.54) is 28.6 Å². The molecule has 0 unspecified atom stereocenters. The van der Waals surface area contributed by atoms with Crippen molar-refractivity contribution in [2.24, 2.45) is 0 Å². The maximum atomic E-state index is 12.1. The molecule has 2 N–H and O–H groups in total. The molecule has 278 valence electrons. The van der Waals surface area contributed by atoms with Gasteiger partial charge in [0.05, 0.1) is 72.1 Å². The van der Waals surface area contributed by atoms with E-state index in [0.717, 1.165) is 70.5 Å². The molecule has 9 nitrogen and oxygen atoms in total. The molecule has 2 aromatic rings. The highest BCUT2D eigenvalue weighted by Crippen LogP contribution is 2.48. The third kappa shape index (κ3) is 9.66. The van der Waals surface area contributed by atoms with Crippen molar-refractivity contribution in [2.45, 2.75) is 76.0 Å². The predicted octanol–water partition coefficient (Wildman–Crippen LogP) is 6.84. The first-order valence-electron chi connectivity index (χ1n) is 18.0. The molecule has 0 radical (unpaired) electrons. The maximum absolute atomic E-state index is 12.1. The number of aryl methyl sites for hydroxylation is 1. The van der Waals surface area contributed by atoms with E-state index >= 15 is 0 Å². The lowest BCUT2D eigenvalue weighted by atomic mass is 9.81. The van der Waals surface area contributed by atoms with Gasteiger partial charge in [0.25, 0.3) is 10.1 Å². The second kappa shape index (κ2) is 14.8. The topological polar surface area (TPSA) is 97.9 Å². The third-order valence-electron chi connectivity index (χ3n) is 10.2. The zero-order chi connectivity index (χ0) is 38.2. The van der Waals surface area contributed by atoms with Gasteiger partial charge in [0.2, 0.25) is 5.69 Å². The number of allylic oxidation sites excluding steroid dienone is 6. The molecule has 2 aliphatic heterocycles. The second-order valence-electron chi connectivity index (χ2n) is 17.4. The van der Waals surface area contributed by atoms with Crippen LogP contribution in [0.3, 0.4) is 0 Å². The molecule has 4 rings (SSSR count). The summed E-state index contributed by atoms with van der Waals surface area (Å²) in [6, 6.07) is 11.5. The van der Waals surface area contributed by atoms with E-state index in [1.807, 2.05) is 6.08 Å². The van der Waals surface area contributed by atoms with E-state index in [0.29, 0.717) is 6.42 Å². The van der Waals surface area contributed by atoms with Gasteiger partial charge < -0.3 is 19.0 Å². The van der Waals surface area contributed by atoms with Crippen LogP contribution in [0.2, 0.25) is 0 Å². The molecule has 0 atom stereocenters. The maximum Gasteiger partial charge on any atom is 0.303 e. The first-order chi connectivity index (χ1) is 23.4. The highest BCUT2D eigenvalue weighted by atomic mass is 32.2. The third-order valence-corrected chi connectivity index (χ3v) is 11.0. The van der Waals surface area contributed by atoms with Crippen LogP contribution in [0, 0.1) is 6.92 Å². The van der Waals surface area contributed by atoms with Crippen LogP contribution in [-0.2, 0) is 25.7 Å². The summed E-state index contributed by atoms with van der Waals surface area (Å²) < 4.78 is 38.1. The first-order valence-corrected chi connectivity index (χ1v) is 19.4. The molecule has 10 heteroatoms. The monoisotopic (exact) mass is 721 g/mol. The zero-order valence-electron chi connectivity index (χ0n) is 32.7. The molecule has 0 aliphatic carbocycles. The number of nitrogens with zero attached hydrogens (tertiary/aromatic N) is 4. The molecule has 0 fully saturated rings. The van der Waals surface area contributed by atoms with Crippen LogP contribution in [0.4, 0.5) is 11.4 Å². The molecule has 0 amide bonds. The number of carboxylic acids is 1. The Morgan fingerprint density at radius 3 is 2.14 bits per heavy atom. The van der Waals surface area contributed by atoms with Gasteiger partial charge in [-0.3, -0.25) is 9.35 Å². The molecule has 51 heavy (non-hydrogen) atoms. The van der Waals surface area contributed by atoms with Crippen molar-refractivity contribution >= 4 is 33.2 Å². The molecule has 0 aromatic heterocycles. The van der Waals surface area contributed by atoms with Crippen molar-refractivity contribution < 1.29 is 36.4 Å². The summed E-state index contributed by atoms with van der Waals surface area (Å²) in [5.74, 6) is -0.853. The van der Waals surface area contributed by atoms with Crippen molar-refractivity contribution in [3.8, 4) is 0 Å². The van der Waals surface area contributed by atoms with E-state index in [9.17, 15) is 22.9 Å². The average molecular weight is 722 g/mol. The Kier molecular flexibility index (Phi) is 11.7. The average Bonchev–Trinajstić information content (AvgIpc) is 3.32. The first kappa shape index (κ1) is 40.2. The van der Waals surface area contributed by atoms with Gasteiger partial charge in [-0.15, -0.1) is 0 Å². The Morgan fingerprint density at radius 1 is 0.882 bits per heavy atom. The van der Waals surface area contributed by atoms with Gasteiger partial charge >= 0.3 is 5.97 Å². The number of carbonyl (C=O) groups is 1. The Bertz CT molecular complexity index is 1890. The molecule has 0 saturated heterocycles. The number of aliphatic carboxylic acids is 1. The molecule has 0 spiro atoms. The zero-order valence-corrected chi connectivity index (χ0v) is 33.6. The summed E-state index contributed by atoms with van der Waals surface area (Å²) in [5.41, 5.74) is 7.74. The summed E-state index contributed by atoms with van der Waals surface area (Å²) in [4.78, 5) is 14.1. The van der Waals surface area contributed by atoms with Crippen molar-refractivity contribution in [3.05, 3.63) is 88.7 Å². The molecule has 0 saturated carbocycles. The largest absolute Gasteiger partial charge is 0.481 e. The van der Waals surface area contributed by atoms with Crippen LogP contribution in [0.5, 0.6) is 0 Å². The van der Waals surface area contributed by atoms with Crippen LogP contribution in [0.1, 0.15) is 70.1 Å². The number of quaternary nitrogens is 2. The Labute approximate surface area is 306 Å². The van der Waals surface area contributed by atoms with Crippen molar-refractivity contribution in [1.29, 1.82) is 0 Å². The molecule has 2 aliphatic rings. The lowest BCUT2D eigenvalue weighted by molar-refractivity contribution is -0.871. The highest BCUT2D eigenvalue weighted by Gasteiger charge is 2.45. The van der Waals surface area contributed by atoms with Crippen LogP contribution in [-0.4, -0.2) is 112 Å². The van der Waals surface area contributed by atoms with Gasteiger partial charge in [-0.05, 0) is 62.6 Å². The number of hydrogen-bond donors (Lipinski definition) is 2. The van der Waals surface area contributed by atoms with Crippen LogP contribution in [0.25, 0.3) is 0 Å². The number of hydrogen-bond acceptors (Lipinski definition) is 4. The summed E-state index contributed by atoms with van der Waals surface area (Å²) >= 11 is 0. The molecule has 2 heterocycles. The van der Waals surface area contributed by atoms with E-state index in [1.54, 1.807) is 12.1 Å². The van der Waals surface area contributed by atoms with Crippen LogP contribution < -0.4 is 4.90 Å². The fourth-order valence-electron chi connectivity index (χ4n) is 7.34. The number of benzene rings is 2. The Balaban J connectivity index is 1.80. The smallest absolute Gasteiger partial charge is 0.303 e.